The number of rotatable bonds is 13. The van der Waals surface area contributed by atoms with E-state index in [0.717, 1.165) is 36.4 Å². The van der Waals surface area contributed by atoms with Crippen molar-refractivity contribution in [2.24, 2.45) is 11.3 Å². The summed E-state index contributed by atoms with van der Waals surface area (Å²) in [6.07, 6.45) is 4.93. The fourth-order valence-electron chi connectivity index (χ4n) is 7.60. The molecule has 0 bridgehead atoms. The quantitative estimate of drug-likeness (QED) is 0.136. The van der Waals surface area contributed by atoms with Gasteiger partial charge in [-0.1, -0.05) is 39.7 Å². The normalized spacial score (nSPS) is 23.0. The van der Waals surface area contributed by atoms with Crippen LogP contribution in [0.15, 0.2) is 36.2 Å². The number of carbonyl (C=O) groups excluding carboxylic acids is 3. The van der Waals surface area contributed by atoms with E-state index >= 15 is 0 Å². The van der Waals surface area contributed by atoms with Crippen molar-refractivity contribution in [3.05, 3.63) is 41.8 Å². The highest BCUT2D eigenvalue weighted by molar-refractivity contribution is 7.14. The van der Waals surface area contributed by atoms with E-state index in [9.17, 15) is 24.3 Å². The van der Waals surface area contributed by atoms with Crippen LogP contribution in [0.3, 0.4) is 0 Å². The van der Waals surface area contributed by atoms with Crippen LogP contribution in [0.2, 0.25) is 0 Å². The molecule has 3 aliphatic rings. The number of ether oxygens (including phenoxy) is 2. The number of amides is 4. The van der Waals surface area contributed by atoms with E-state index in [4.69, 9.17) is 19.4 Å². The number of fused-ring (bicyclic) bond motifs is 1. The van der Waals surface area contributed by atoms with Gasteiger partial charge >= 0.3 is 12.0 Å². The largest absolute Gasteiger partial charge is 0.496 e. The van der Waals surface area contributed by atoms with Gasteiger partial charge in [0.1, 0.15) is 40.9 Å². The summed E-state index contributed by atoms with van der Waals surface area (Å²) in [5.74, 6) is -1.55. The van der Waals surface area contributed by atoms with Gasteiger partial charge in [0, 0.05) is 47.3 Å². The zero-order valence-electron chi connectivity index (χ0n) is 32.7. The van der Waals surface area contributed by atoms with Gasteiger partial charge < -0.3 is 40.7 Å². The van der Waals surface area contributed by atoms with E-state index in [2.05, 4.69) is 27.8 Å². The van der Waals surface area contributed by atoms with E-state index in [-0.39, 0.29) is 31.5 Å². The number of nitrogens with one attached hydrogen (secondary N) is 4. The highest BCUT2D eigenvalue weighted by Gasteiger charge is 2.61. The van der Waals surface area contributed by atoms with Gasteiger partial charge in [0.2, 0.25) is 11.8 Å². The van der Waals surface area contributed by atoms with Crippen LogP contribution in [0.5, 0.6) is 11.5 Å². The zero-order chi connectivity index (χ0) is 39.8. The van der Waals surface area contributed by atoms with Crippen molar-refractivity contribution in [1.82, 2.24) is 30.8 Å². The van der Waals surface area contributed by atoms with Crippen LogP contribution in [0.25, 0.3) is 22.3 Å². The average Bonchev–Trinajstić information content (AvgIpc) is 3.53. The Hall–Kier alpha value is -4.92. The minimum atomic E-state index is -1.50. The fraction of sp³-hybridized carbons (Fsp3) is 0.550. The predicted molar refractivity (Wildman–Crippen MR) is 211 cm³/mol. The highest BCUT2D eigenvalue weighted by Crippen LogP contribution is 2.45. The van der Waals surface area contributed by atoms with Crippen molar-refractivity contribution in [3.8, 4) is 22.9 Å². The first-order valence-corrected chi connectivity index (χ1v) is 19.8. The number of aliphatic carboxylic acids is 1. The molecule has 2 aliphatic carbocycles. The maximum absolute atomic E-state index is 14.6. The molecular formula is C40H53N7O7S. The van der Waals surface area contributed by atoms with E-state index in [1.165, 1.54) is 22.3 Å². The molecule has 0 radical (unpaired) electrons. The van der Waals surface area contributed by atoms with Gasteiger partial charge in [-0.25, -0.2) is 19.6 Å². The summed E-state index contributed by atoms with van der Waals surface area (Å²) in [4.78, 5) is 65.5. The van der Waals surface area contributed by atoms with Gasteiger partial charge in [-0.3, -0.25) is 9.59 Å². The Labute approximate surface area is 325 Å². The Balaban J connectivity index is 1.34. The Kier molecular flexibility index (Phi) is 11.3. The Bertz CT molecular complexity index is 1970. The molecule has 0 spiro atoms. The Morgan fingerprint density at radius 2 is 1.82 bits per heavy atom. The topological polar surface area (TPSA) is 184 Å². The molecule has 2 aromatic heterocycles. The van der Waals surface area contributed by atoms with Crippen LogP contribution >= 0.6 is 11.3 Å². The van der Waals surface area contributed by atoms with Crippen LogP contribution < -0.4 is 30.7 Å². The van der Waals surface area contributed by atoms with Crippen LogP contribution in [0.1, 0.15) is 78.7 Å². The second-order valence-corrected chi connectivity index (χ2v) is 17.2. The lowest BCUT2D eigenvalue weighted by Crippen LogP contribution is -2.60. The maximum atomic E-state index is 14.6. The molecule has 3 aromatic rings. The summed E-state index contributed by atoms with van der Waals surface area (Å²) in [6, 6.07) is 3.28. The predicted octanol–water partition coefficient (Wildman–Crippen LogP) is 5.65. The average molecular weight is 776 g/mol. The lowest BCUT2D eigenvalue weighted by atomic mass is 9.85. The van der Waals surface area contributed by atoms with Crippen molar-refractivity contribution >= 4 is 51.2 Å². The molecule has 5 N–H and O–H groups in total. The first-order chi connectivity index (χ1) is 26.0. The minimum Gasteiger partial charge on any atom is -0.496 e. The second-order valence-electron chi connectivity index (χ2n) is 16.4. The number of hydrogen-bond donors (Lipinski definition) is 5. The maximum Gasteiger partial charge on any atom is 0.330 e. The lowest BCUT2D eigenvalue weighted by Gasteiger charge is -2.35. The molecule has 0 unspecified atom stereocenters. The van der Waals surface area contributed by atoms with E-state index in [0.29, 0.717) is 33.8 Å². The second kappa shape index (κ2) is 15.7. The van der Waals surface area contributed by atoms with Crippen molar-refractivity contribution in [3.63, 3.8) is 0 Å². The summed E-state index contributed by atoms with van der Waals surface area (Å²) in [5.41, 5.74) is 0.454. The number of pyridine rings is 1. The number of likely N-dealkylation sites (tertiary alicyclic amines) is 1. The number of thiazole rings is 1. The molecule has 1 aromatic carbocycles. The van der Waals surface area contributed by atoms with Crippen LogP contribution in [0.4, 0.5) is 9.93 Å². The molecule has 55 heavy (non-hydrogen) atoms. The monoisotopic (exact) mass is 775 g/mol. The number of aromatic nitrogens is 2. The molecule has 3 heterocycles. The van der Waals surface area contributed by atoms with Gasteiger partial charge in [0.15, 0.2) is 5.13 Å². The zero-order valence-corrected chi connectivity index (χ0v) is 33.5. The van der Waals surface area contributed by atoms with Crippen LogP contribution in [-0.2, 0) is 14.4 Å². The number of carboxylic acid groups (broad SMARTS) is 1. The lowest BCUT2D eigenvalue weighted by molar-refractivity contribution is -0.146. The Morgan fingerprint density at radius 1 is 1.09 bits per heavy atom. The molecule has 1 saturated heterocycles. The van der Waals surface area contributed by atoms with Crippen molar-refractivity contribution in [1.29, 1.82) is 0 Å². The molecule has 1 aliphatic heterocycles. The molecule has 5 atom stereocenters. The van der Waals surface area contributed by atoms with Crippen molar-refractivity contribution in [2.75, 3.05) is 19.0 Å². The number of hydrogen-bond acceptors (Lipinski definition) is 10. The summed E-state index contributed by atoms with van der Waals surface area (Å²) in [6.45, 7) is 15.3. The third-order valence-electron chi connectivity index (χ3n) is 10.7. The number of nitrogens with zero attached hydrogens (tertiary/aromatic N) is 3. The van der Waals surface area contributed by atoms with Crippen molar-refractivity contribution < 1.29 is 33.8 Å². The van der Waals surface area contributed by atoms with Crippen molar-refractivity contribution in [2.45, 2.75) is 116 Å². The van der Waals surface area contributed by atoms with Gasteiger partial charge in [0.05, 0.1) is 24.9 Å². The van der Waals surface area contributed by atoms with Crippen LogP contribution in [0, 0.1) is 18.3 Å². The van der Waals surface area contributed by atoms with Gasteiger partial charge in [-0.2, -0.15) is 0 Å². The summed E-state index contributed by atoms with van der Waals surface area (Å²) < 4.78 is 12.4. The van der Waals surface area contributed by atoms with E-state index in [1.54, 1.807) is 7.11 Å². The molecule has 6 rings (SSSR count). The molecule has 3 fully saturated rings. The van der Waals surface area contributed by atoms with E-state index in [1.807, 2.05) is 65.1 Å². The number of carbonyl (C=O) groups is 4. The molecular weight excluding hydrogens is 723 g/mol. The van der Waals surface area contributed by atoms with Gasteiger partial charge in [-0.15, -0.1) is 17.9 Å². The molecule has 15 heteroatoms. The minimum absolute atomic E-state index is 0.00776. The highest BCUT2D eigenvalue weighted by atomic mass is 32.1. The van der Waals surface area contributed by atoms with Crippen LogP contribution in [-0.4, -0.2) is 93.3 Å². The smallest absolute Gasteiger partial charge is 0.330 e. The number of urea groups is 1. The van der Waals surface area contributed by atoms with Gasteiger partial charge in [-0.05, 0) is 57.1 Å². The number of methoxy groups -OCH3 is 1. The Morgan fingerprint density at radius 3 is 2.44 bits per heavy atom. The van der Waals surface area contributed by atoms with E-state index < -0.39 is 58.9 Å². The third-order valence-corrected chi connectivity index (χ3v) is 11.5. The SMILES string of the molecule is C=C[C@@H]1C[C@]1(NC(=O)[C@@H]1C[C@@H](Oc2cc(-c3csc(NC(C)C)n3)nc3cc(OC)c(C)cc23)CN1C(=O)[C@H](NC(=O)NC1CCCC1)C(C)(C)C)C(=O)O. The molecule has 4 amide bonds. The number of benzene rings is 1. The first-order valence-electron chi connectivity index (χ1n) is 19.0. The number of anilines is 1. The summed E-state index contributed by atoms with van der Waals surface area (Å²) in [5, 5.41) is 25.5. The first kappa shape index (κ1) is 39.8. The standard InChI is InChI=1S/C40H53N7O7S/c1-9-23-18-40(23,36(50)51)46-34(48)30-15-25(19-47(30)35(49)33(39(5,6)7)45-37(52)42-24-12-10-11-13-24)54-32-17-28(29-20-55-38(44-29)41-21(2)3)43-27-16-31(53-8)22(4)14-26(27)32/h9,14,16-17,20-21,23-25,30,33H,1,10-13,15,18-19H2,2-8H3,(H,41,44)(H,46,48)(H,50,51)(H2,42,45,52)/t23-,25-,30+,33+,40-/m1/s1. The fourth-order valence-corrected chi connectivity index (χ4v) is 8.45. The third kappa shape index (κ3) is 8.51. The molecule has 296 valence electrons. The summed E-state index contributed by atoms with van der Waals surface area (Å²) in [7, 11) is 1.60. The molecule has 14 nitrogen and oxygen atoms in total. The molecule has 2 saturated carbocycles. The number of aryl methyl sites for hydroxylation is 1. The van der Waals surface area contributed by atoms with Gasteiger partial charge in [0.25, 0.3) is 0 Å². The number of carboxylic acids is 1. The summed E-state index contributed by atoms with van der Waals surface area (Å²) >= 11 is 1.47.